The number of rotatable bonds is 3. The van der Waals surface area contributed by atoms with Gasteiger partial charge in [-0.15, -0.1) is 10.2 Å². The van der Waals surface area contributed by atoms with E-state index in [1.165, 1.54) is 32.1 Å². The molecule has 0 amide bonds. The first kappa shape index (κ1) is 13.5. The number of para-hydroxylation sites is 2. The second-order valence-electron chi connectivity index (χ2n) is 6.06. The summed E-state index contributed by atoms with van der Waals surface area (Å²) in [6.07, 6.45) is 7.25. The molecule has 0 aliphatic heterocycles. The van der Waals surface area contributed by atoms with Gasteiger partial charge in [0.2, 0.25) is 5.65 Å². The Labute approximate surface area is 129 Å². The van der Waals surface area contributed by atoms with Crippen LogP contribution in [0.2, 0.25) is 0 Å². The molecule has 1 saturated carbocycles. The lowest BCUT2D eigenvalue weighted by atomic mass is 9.95. The molecule has 3 aromatic rings. The van der Waals surface area contributed by atoms with Crippen LogP contribution in [0.25, 0.3) is 16.7 Å². The van der Waals surface area contributed by atoms with Gasteiger partial charge in [-0.25, -0.2) is 4.98 Å². The van der Waals surface area contributed by atoms with E-state index in [-0.39, 0.29) is 0 Å². The zero-order chi connectivity index (χ0) is 14.9. The van der Waals surface area contributed by atoms with Gasteiger partial charge in [-0.1, -0.05) is 38.3 Å². The van der Waals surface area contributed by atoms with Gasteiger partial charge in [-0.2, -0.15) is 0 Å². The molecule has 0 unspecified atom stereocenters. The zero-order valence-electron chi connectivity index (χ0n) is 12.9. The molecule has 5 heteroatoms. The maximum Gasteiger partial charge on any atom is 0.204 e. The van der Waals surface area contributed by atoms with Crippen molar-refractivity contribution in [2.45, 2.75) is 51.5 Å². The summed E-state index contributed by atoms with van der Waals surface area (Å²) in [6.45, 7) is 2.11. The van der Waals surface area contributed by atoms with E-state index in [4.69, 9.17) is 4.98 Å². The van der Waals surface area contributed by atoms with E-state index in [0.29, 0.717) is 6.04 Å². The Morgan fingerprint density at radius 2 is 1.95 bits per heavy atom. The summed E-state index contributed by atoms with van der Waals surface area (Å²) < 4.78 is 2.15. The monoisotopic (exact) mass is 295 g/mol. The lowest BCUT2D eigenvalue weighted by Crippen LogP contribution is -2.23. The molecular weight excluding hydrogens is 274 g/mol. The summed E-state index contributed by atoms with van der Waals surface area (Å²) in [5.41, 5.74) is 2.91. The van der Waals surface area contributed by atoms with Crippen LogP contribution in [0.15, 0.2) is 24.3 Å². The van der Waals surface area contributed by atoms with Crippen molar-refractivity contribution in [2.75, 3.05) is 5.32 Å². The summed E-state index contributed by atoms with van der Waals surface area (Å²) >= 11 is 0. The normalized spacial score (nSPS) is 16.4. The van der Waals surface area contributed by atoms with Gasteiger partial charge in [0, 0.05) is 12.5 Å². The molecule has 0 atom stereocenters. The highest BCUT2D eigenvalue weighted by Gasteiger charge is 2.18. The predicted octanol–water partition coefficient (Wildman–Crippen LogP) is 3.58. The van der Waals surface area contributed by atoms with Crippen molar-refractivity contribution in [1.82, 2.24) is 19.6 Å². The van der Waals surface area contributed by atoms with E-state index >= 15 is 0 Å². The second-order valence-corrected chi connectivity index (χ2v) is 6.06. The fourth-order valence-electron chi connectivity index (χ4n) is 3.41. The van der Waals surface area contributed by atoms with Crippen LogP contribution in [-0.2, 0) is 6.42 Å². The third-order valence-electron chi connectivity index (χ3n) is 4.56. The number of hydrogen-bond acceptors (Lipinski definition) is 4. The molecule has 2 aromatic heterocycles. The van der Waals surface area contributed by atoms with E-state index in [1.54, 1.807) is 0 Å². The zero-order valence-corrected chi connectivity index (χ0v) is 12.9. The average molecular weight is 295 g/mol. The quantitative estimate of drug-likeness (QED) is 0.802. The first-order valence-corrected chi connectivity index (χ1v) is 8.26. The third-order valence-corrected chi connectivity index (χ3v) is 4.56. The Bertz CT molecular complexity index is 801. The Balaban J connectivity index is 1.87. The lowest BCUT2D eigenvalue weighted by molar-refractivity contribution is 0.462. The number of benzene rings is 1. The average Bonchev–Trinajstić information content (AvgIpc) is 3.01. The standard InChI is InChI=1S/C17H21N5/c1-2-15-20-21-17-16(18-12-8-4-3-5-9-12)19-13-10-6-7-11-14(13)22(15)17/h6-7,10-12H,2-5,8-9H2,1H3,(H,18,19). The highest BCUT2D eigenvalue weighted by Crippen LogP contribution is 2.25. The molecule has 22 heavy (non-hydrogen) atoms. The number of fused-ring (bicyclic) bond motifs is 3. The first-order valence-electron chi connectivity index (χ1n) is 8.26. The number of nitrogens with zero attached hydrogens (tertiary/aromatic N) is 4. The van der Waals surface area contributed by atoms with Crippen molar-refractivity contribution >= 4 is 22.5 Å². The lowest BCUT2D eigenvalue weighted by Gasteiger charge is -2.23. The SMILES string of the molecule is CCc1nnc2c(NC3CCCCC3)nc3ccccc3n12. The molecule has 2 heterocycles. The molecule has 1 aromatic carbocycles. The fraction of sp³-hybridized carbons (Fsp3) is 0.471. The molecule has 4 rings (SSSR count). The van der Waals surface area contributed by atoms with Crippen molar-refractivity contribution in [2.24, 2.45) is 0 Å². The summed E-state index contributed by atoms with van der Waals surface area (Å²) in [6, 6.07) is 8.72. The number of anilines is 1. The Morgan fingerprint density at radius 1 is 1.14 bits per heavy atom. The topological polar surface area (TPSA) is 55.1 Å². The maximum absolute atomic E-state index is 4.81. The molecule has 0 radical (unpaired) electrons. The van der Waals surface area contributed by atoms with Gasteiger partial charge < -0.3 is 5.32 Å². The smallest absolute Gasteiger partial charge is 0.204 e. The Hall–Kier alpha value is -2.17. The summed E-state index contributed by atoms with van der Waals surface area (Å²) in [5, 5.41) is 12.4. The van der Waals surface area contributed by atoms with Crippen LogP contribution in [0.1, 0.15) is 44.9 Å². The number of hydrogen-bond donors (Lipinski definition) is 1. The second kappa shape index (κ2) is 5.55. The number of nitrogens with one attached hydrogen (secondary N) is 1. The van der Waals surface area contributed by atoms with Gasteiger partial charge in [0.1, 0.15) is 5.82 Å². The van der Waals surface area contributed by atoms with E-state index in [2.05, 4.69) is 39.0 Å². The van der Waals surface area contributed by atoms with Crippen molar-refractivity contribution < 1.29 is 0 Å². The molecule has 0 spiro atoms. The Morgan fingerprint density at radius 3 is 2.77 bits per heavy atom. The summed E-state index contributed by atoms with van der Waals surface area (Å²) in [5.74, 6) is 1.86. The molecule has 0 saturated heterocycles. The van der Waals surface area contributed by atoms with Crippen LogP contribution in [0, 0.1) is 0 Å². The van der Waals surface area contributed by atoms with Gasteiger partial charge in [0.15, 0.2) is 5.82 Å². The van der Waals surface area contributed by atoms with E-state index in [0.717, 1.165) is 34.7 Å². The van der Waals surface area contributed by atoms with E-state index < -0.39 is 0 Å². The van der Waals surface area contributed by atoms with E-state index in [1.807, 2.05) is 12.1 Å². The molecule has 1 aliphatic carbocycles. The molecular formula is C17H21N5. The first-order chi connectivity index (χ1) is 10.9. The summed E-state index contributed by atoms with van der Waals surface area (Å²) in [7, 11) is 0. The van der Waals surface area contributed by atoms with Crippen molar-refractivity contribution in [3.05, 3.63) is 30.1 Å². The fourth-order valence-corrected chi connectivity index (χ4v) is 3.41. The van der Waals surface area contributed by atoms with Gasteiger partial charge in [-0.05, 0) is 25.0 Å². The van der Waals surface area contributed by atoms with Gasteiger partial charge >= 0.3 is 0 Å². The van der Waals surface area contributed by atoms with Crippen LogP contribution >= 0.6 is 0 Å². The van der Waals surface area contributed by atoms with Crippen molar-refractivity contribution in [1.29, 1.82) is 0 Å². The molecule has 5 nitrogen and oxygen atoms in total. The van der Waals surface area contributed by atoms with Crippen molar-refractivity contribution in [3.63, 3.8) is 0 Å². The molecule has 1 aliphatic rings. The van der Waals surface area contributed by atoms with Gasteiger partial charge in [0.05, 0.1) is 11.0 Å². The predicted molar refractivity (Wildman–Crippen MR) is 88.2 cm³/mol. The van der Waals surface area contributed by atoms with Gasteiger partial charge in [-0.3, -0.25) is 4.40 Å². The highest BCUT2D eigenvalue weighted by atomic mass is 15.3. The highest BCUT2D eigenvalue weighted by molar-refractivity contribution is 5.82. The van der Waals surface area contributed by atoms with E-state index in [9.17, 15) is 0 Å². The maximum atomic E-state index is 4.81. The third kappa shape index (κ3) is 2.21. The van der Waals surface area contributed by atoms with Gasteiger partial charge in [0.25, 0.3) is 0 Å². The van der Waals surface area contributed by atoms with Crippen molar-refractivity contribution in [3.8, 4) is 0 Å². The molecule has 114 valence electrons. The largest absolute Gasteiger partial charge is 0.364 e. The summed E-state index contributed by atoms with van der Waals surface area (Å²) in [4.78, 5) is 4.81. The Kier molecular flexibility index (Phi) is 3.41. The van der Waals surface area contributed by atoms with Crippen LogP contribution in [0.5, 0.6) is 0 Å². The van der Waals surface area contributed by atoms with Crippen LogP contribution < -0.4 is 5.32 Å². The number of aromatic nitrogens is 4. The minimum atomic E-state index is 0.507. The van der Waals surface area contributed by atoms with Crippen LogP contribution in [-0.4, -0.2) is 25.6 Å². The minimum absolute atomic E-state index is 0.507. The molecule has 1 fully saturated rings. The number of aryl methyl sites for hydroxylation is 1. The van der Waals surface area contributed by atoms with Crippen LogP contribution in [0.4, 0.5) is 5.82 Å². The van der Waals surface area contributed by atoms with Crippen LogP contribution in [0.3, 0.4) is 0 Å². The molecule has 0 bridgehead atoms. The minimum Gasteiger partial charge on any atom is -0.364 e. The molecule has 1 N–H and O–H groups in total.